The molecule has 1 fully saturated rings. The summed E-state index contributed by atoms with van der Waals surface area (Å²) < 4.78 is 0. The molecule has 1 spiro atoms. The fraction of sp³-hybridized carbons (Fsp3) is 0.143. The molecule has 36 heavy (non-hydrogen) atoms. The smallest absolute Gasteiger partial charge is 0.0384 e. The van der Waals surface area contributed by atoms with Crippen LogP contribution in [0, 0.1) is 0 Å². The number of rotatable bonds is 4. The van der Waals surface area contributed by atoms with Gasteiger partial charge < -0.3 is 5.32 Å². The number of anilines is 2. The molecule has 0 unspecified atom stereocenters. The summed E-state index contributed by atoms with van der Waals surface area (Å²) in [7, 11) is 0. The van der Waals surface area contributed by atoms with Crippen molar-refractivity contribution >= 4 is 11.4 Å². The normalized spacial score (nSPS) is 15.0. The summed E-state index contributed by atoms with van der Waals surface area (Å²) in [4.78, 5) is 0. The molecule has 0 bridgehead atoms. The van der Waals surface area contributed by atoms with E-state index in [1.165, 1.54) is 59.1 Å². The first-order chi connectivity index (χ1) is 17.8. The topological polar surface area (TPSA) is 12.0 Å². The van der Waals surface area contributed by atoms with Crippen molar-refractivity contribution in [3.05, 3.63) is 132 Å². The molecular weight excluding hydrogens is 434 g/mol. The molecule has 0 heterocycles. The molecular formula is C35H29N. The Labute approximate surface area is 213 Å². The van der Waals surface area contributed by atoms with Crippen molar-refractivity contribution in [3.63, 3.8) is 0 Å². The summed E-state index contributed by atoms with van der Waals surface area (Å²) in [5.74, 6) is 0. The molecule has 7 rings (SSSR count). The maximum absolute atomic E-state index is 3.55. The van der Waals surface area contributed by atoms with E-state index in [2.05, 4.69) is 127 Å². The van der Waals surface area contributed by atoms with Gasteiger partial charge in [0.2, 0.25) is 0 Å². The van der Waals surface area contributed by atoms with Crippen molar-refractivity contribution < 1.29 is 0 Å². The Balaban J connectivity index is 1.14. The molecule has 1 nitrogen and oxygen atoms in total. The second-order valence-corrected chi connectivity index (χ2v) is 10.2. The van der Waals surface area contributed by atoms with E-state index >= 15 is 0 Å². The van der Waals surface area contributed by atoms with E-state index in [9.17, 15) is 0 Å². The molecule has 0 aromatic heterocycles. The summed E-state index contributed by atoms with van der Waals surface area (Å²) in [6, 6.07) is 44.2. The van der Waals surface area contributed by atoms with Gasteiger partial charge in [0, 0.05) is 16.8 Å². The molecule has 0 saturated heterocycles. The average Bonchev–Trinajstić information content (AvgIpc) is 3.55. The Bertz CT molecular complexity index is 1520. The number of hydrogen-bond acceptors (Lipinski definition) is 1. The van der Waals surface area contributed by atoms with Crippen LogP contribution in [0.3, 0.4) is 0 Å². The lowest BCUT2D eigenvalue weighted by atomic mass is 9.76. The van der Waals surface area contributed by atoms with Gasteiger partial charge in [0.1, 0.15) is 0 Å². The van der Waals surface area contributed by atoms with E-state index in [1.807, 2.05) is 0 Å². The summed E-state index contributed by atoms with van der Waals surface area (Å²) in [6.07, 6.45) is 5.19. The van der Waals surface area contributed by atoms with E-state index in [0.29, 0.717) is 0 Å². The lowest BCUT2D eigenvalue weighted by Crippen LogP contribution is -2.20. The van der Waals surface area contributed by atoms with Crippen LogP contribution in [-0.2, 0) is 5.41 Å². The molecule has 1 heteroatoms. The fourth-order valence-electron chi connectivity index (χ4n) is 6.44. The maximum atomic E-state index is 3.55. The average molecular weight is 464 g/mol. The minimum absolute atomic E-state index is 0.218. The Kier molecular flexibility index (Phi) is 5.03. The van der Waals surface area contributed by atoms with Crippen LogP contribution in [0.4, 0.5) is 11.4 Å². The van der Waals surface area contributed by atoms with Gasteiger partial charge in [-0.05, 0) is 87.7 Å². The third-order valence-corrected chi connectivity index (χ3v) is 8.22. The highest BCUT2D eigenvalue weighted by Crippen LogP contribution is 2.57. The van der Waals surface area contributed by atoms with E-state index in [-0.39, 0.29) is 5.41 Å². The first kappa shape index (κ1) is 21.2. The third kappa shape index (κ3) is 3.46. The van der Waals surface area contributed by atoms with Gasteiger partial charge in [-0.25, -0.2) is 0 Å². The van der Waals surface area contributed by atoms with Crippen LogP contribution >= 0.6 is 0 Å². The molecule has 0 amide bonds. The van der Waals surface area contributed by atoms with Crippen molar-refractivity contribution in [2.24, 2.45) is 0 Å². The highest BCUT2D eigenvalue weighted by Gasteiger charge is 2.44. The van der Waals surface area contributed by atoms with Crippen LogP contribution in [0.2, 0.25) is 0 Å². The summed E-state index contributed by atoms with van der Waals surface area (Å²) in [6.45, 7) is 0. The van der Waals surface area contributed by atoms with Crippen LogP contribution < -0.4 is 5.32 Å². The zero-order valence-corrected chi connectivity index (χ0v) is 20.4. The molecule has 1 saturated carbocycles. The number of hydrogen-bond donors (Lipinski definition) is 1. The van der Waals surface area contributed by atoms with Gasteiger partial charge in [0.25, 0.3) is 0 Å². The van der Waals surface area contributed by atoms with Gasteiger partial charge >= 0.3 is 0 Å². The molecule has 1 N–H and O–H groups in total. The van der Waals surface area contributed by atoms with E-state index < -0.39 is 0 Å². The van der Waals surface area contributed by atoms with Crippen molar-refractivity contribution in [1.29, 1.82) is 0 Å². The standard InChI is InChI=1S/C35H29N/c1-2-8-25(9-3-1)26-12-17-29(18-13-26)36-30-19-14-27(15-20-30)28-16-21-32-31-10-4-5-11-33(31)35(34(32)24-28)22-6-7-23-35/h1-5,8-21,24,36H,6-7,22-23H2. The molecule has 2 aliphatic rings. The van der Waals surface area contributed by atoms with Gasteiger partial charge in [-0.1, -0.05) is 104 Å². The molecule has 0 radical (unpaired) electrons. The van der Waals surface area contributed by atoms with Gasteiger partial charge in [-0.2, -0.15) is 0 Å². The number of benzene rings is 5. The first-order valence-corrected chi connectivity index (χ1v) is 13.1. The van der Waals surface area contributed by atoms with Crippen molar-refractivity contribution in [1.82, 2.24) is 0 Å². The Morgan fingerprint density at radius 3 is 1.67 bits per heavy atom. The van der Waals surface area contributed by atoms with E-state index in [4.69, 9.17) is 0 Å². The summed E-state index contributed by atoms with van der Waals surface area (Å²) >= 11 is 0. The SMILES string of the molecule is c1ccc(-c2ccc(Nc3ccc(-c4ccc5c(c4)C4(CCCC4)c4ccccc4-5)cc3)cc2)cc1. The zero-order valence-electron chi connectivity index (χ0n) is 20.4. The van der Waals surface area contributed by atoms with E-state index in [0.717, 1.165) is 11.4 Å². The second-order valence-electron chi connectivity index (χ2n) is 10.2. The van der Waals surface area contributed by atoms with Crippen molar-refractivity contribution in [3.8, 4) is 33.4 Å². The van der Waals surface area contributed by atoms with Gasteiger partial charge in [-0.15, -0.1) is 0 Å². The first-order valence-electron chi connectivity index (χ1n) is 13.1. The highest BCUT2D eigenvalue weighted by molar-refractivity contribution is 5.84. The molecule has 0 aliphatic heterocycles. The molecule has 5 aromatic rings. The highest BCUT2D eigenvalue weighted by atomic mass is 14.9. The third-order valence-electron chi connectivity index (χ3n) is 8.22. The van der Waals surface area contributed by atoms with Crippen LogP contribution in [-0.4, -0.2) is 0 Å². The second kappa shape index (κ2) is 8.53. The largest absolute Gasteiger partial charge is 0.356 e. The molecule has 0 atom stereocenters. The minimum atomic E-state index is 0.218. The van der Waals surface area contributed by atoms with Crippen LogP contribution in [0.5, 0.6) is 0 Å². The van der Waals surface area contributed by atoms with Crippen LogP contribution in [0.25, 0.3) is 33.4 Å². The van der Waals surface area contributed by atoms with Crippen molar-refractivity contribution in [2.45, 2.75) is 31.1 Å². The minimum Gasteiger partial charge on any atom is -0.356 e. The van der Waals surface area contributed by atoms with Crippen LogP contribution in [0.1, 0.15) is 36.8 Å². The summed E-state index contributed by atoms with van der Waals surface area (Å²) in [5, 5.41) is 3.55. The number of nitrogens with one attached hydrogen (secondary N) is 1. The van der Waals surface area contributed by atoms with Gasteiger partial charge in [0.15, 0.2) is 0 Å². The lowest BCUT2D eigenvalue weighted by molar-refractivity contribution is 0.550. The molecule has 2 aliphatic carbocycles. The van der Waals surface area contributed by atoms with E-state index in [1.54, 1.807) is 11.1 Å². The van der Waals surface area contributed by atoms with Crippen molar-refractivity contribution in [2.75, 3.05) is 5.32 Å². The molecule has 174 valence electrons. The molecule has 5 aromatic carbocycles. The monoisotopic (exact) mass is 463 g/mol. The van der Waals surface area contributed by atoms with Crippen LogP contribution in [0.15, 0.2) is 121 Å². The van der Waals surface area contributed by atoms with Gasteiger partial charge in [0.05, 0.1) is 0 Å². The Hall–Kier alpha value is -4.10. The van der Waals surface area contributed by atoms with Gasteiger partial charge in [-0.3, -0.25) is 0 Å². The maximum Gasteiger partial charge on any atom is 0.0384 e. The predicted molar refractivity (Wildman–Crippen MR) is 152 cm³/mol. The Morgan fingerprint density at radius 1 is 0.444 bits per heavy atom. The fourth-order valence-corrected chi connectivity index (χ4v) is 6.44. The quantitative estimate of drug-likeness (QED) is 0.280. The Morgan fingerprint density at radius 2 is 0.972 bits per heavy atom. The number of fused-ring (bicyclic) bond motifs is 5. The lowest BCUT2D eigenvalue weighted by Gasteiger charge is -2.27. The zero-order chi connectivity index (χ0) is 24.0. The summed E-state index contributed by atoms with van der Waals surface area (Å²) in [5.41, 5.74) is 13.4. The predicted octanol–water partition coefficient (Wildman–Crippen LogP) is 9.60.